The summed E-state index contributed by atoms with van der Waals surface area (Å²) in [6.07, 6.45) is 0. The molecule has 3 aromatic carbocycles. The summed E-state index contributed by atoms with van der Waals surface area (Å²) in [7, 11) is 0. The molecule has 0 bridgehead atoms. The zero-order valence-corrected chi connectivity index (χ0v) is 17.6. The number of rotatable bonds is 6. The van der Waals surface area contributed by atoms with Crippen LogP contribution in [0.5, 0.6) is 0 Å². The van der Waals surface area contributed by atoms with Gasteiger partial charge in [0, 0.05) is 12.1 Å². The second kappa shape index (κ2) is 9.23. The lowest BCUT2D eigenvalue weighted by molar-refractivity contribution is -0.384. The maximum absolute atomic E-state index is 13.2. The molecule has 0 fully saturated rings. The van der Waals surface area contributed by atoms with E-state index in [4.69, 9.17) is 0 Å². The molecule has 1 amide bonds. The highest BCUT2D eigenvalue weighted by Crippen LogP contribution is 2.13. The molecule has 9 nitrogen and oxygen atoms in total. The van der Waals surface area contributed by atoms with E-state index in [-0.39, 0.29) is 23.6 Å². The van der Waals surface area contributed by atoms with Crippen molar-refractivity contribution in [3.05, 3.63) is 116 Å². The molecule has 4 rings (SSSR count). The van der Waals surface area contributed by atoms with Crippen molar-refractivity contribution >= 4 is 28.2 Å². The number of nitro groups is 1. The van der Waals surface area contributed by atoms with E-state index in [9.17, 15) is 19.7 Å². The van der Waals surface area contributed by atoms with Gasteiger partial charge in [-0.2, -0.15) is 5.10 Å². The molecule has 0 radical (unpaired) electrons. The van der Waals surface area contributed by atoms with Gasteiger partial charge in [0.25, 0.3) is 11.2 Å². The summed E-state index contributed by atoms with van der Waals surface area (Å²) >= 11 is 0. The van der Waals surface area contributed by atoms with Gasteiger partial charge >= 0.3 is 5.91 Å². The number of hydrazone groups is 1. The summed E-state index contributed by atoms with van der Waals surface area (Å²) in [5.41, 5.74) is 4.38. The van der Waals surface area contributed by atoms with Crippen molar-refractivity contribution in [3.63, 3.8) is 0 Å². The lowest BCUT2D eigenvalue weighted by Gasteiger charge is -2.13. The lowest BCUT2D eigenvalue weighted by Crippen LogP contribution is -2.32. The van der Waals surface area contributed by atoms with Crippen molar-refractivity contribution < 1.29 is 9.72 Å². The molecule has 9 heteroatoms. The number of carbonyl (C=O) groups is 1. The van der Waals surface area contributed by atoms with E-state index >= 15 is 0 Å². The molecule has 1 aromatic heterocycles. The van der Waals surface area contributed by atoms with Gasteiger partial charge in [0.2, 0.25) is 5.82 Å². The minimum absolute atomic E-state index is 0.0409. The average Bonchev–Trinajstić information content (AvgIpc) is 2.84. The minimum atomic E-state index is -0.643. The van der Waals surface area contributed by atoms with Gasteiger partial charge in [-0.15, -0.1) is 0 Å². The first-order valence-electron chi connectivity index (χ1n) is 10.1. The lowest BCUT2D eigenvalue weighted by atomic mass is 10.1. The fourth-order valence-electron chi connectivity index (χ4n) is 3.33. The number of benzene rings is 3. The SMILES string of the molecule is C/C(=N/NC(=O)c1nc2ccccc2c(=O)n1Cc1ccccc1)c1ccc([N+](=O)[O-])cc1. The number of nitrogens with one attached hydrogen (secondary N) is 1. The number of para-hydroxylation sites is 1. The molecular formula is C24H19N5O4. The van der Waals surface area contributed by atoms with E-state index in [2.05, 4.69) is 15.5 Å². The van der Waals surface area contributed by atoms with E-state index < -0.39 is 10.8 Å². The molecule has 164 valence electrons. The highest BCUT2D eigenvalue weighted by molar-refractivity contribution is 6.00. The summed E-state index contributed by atoms with van der Waals surface area (Å²) in [6.45, 7) is 1.83. The zero-order chi connectivity index (χ0) is 23.4. The van der Waals surface area contributed by atoms with Crippen LogP contribution in [0.1, 0.15) is 28.7 Å². The monoisotopic (exact) mass is 441 g/mol. The van der Waals surface area contributed by atoms with Gasteiger partial charge in [-0.3, -0.25) is 24.3 Å². The fraction of sp³-hybridized carbons (Fsp3) is 0.0833. The zero-order valence-electron chi connectivity index (χ0n) is 17.6. The van der Waals surface area contributed by atoms with Gasteiger partial charge in [0.1, 0.15) is 0 Å². The van der Waals surface area contributed by atoms with Gasteiger partial charge in [-0.25, -0.2) is 10.4 Å². The highest BCUT2D eigenvalue weighted by atomic mass is 16.6. The summed E-state index contributed by atoms with van der Waals surface area (Å²) < 4.78 is 1.32. The maximum Gasteiger partial charge on any atom is 0.307 e. The van der Waals surface area contributed by atoms with Gasteiger partial charge in [-0.05, 0) is 42.3 Å². The standard InChI is InChI=1S/C24H19N5O4/c1-16(18-11-13-19(14-12-18)29(32)33)26-27-23(30)22-25-21-10-6-5-9-20(21)24(31)28(22)15-17-7-3-2-4-8-17/h2-14H,15H2,1H3,(H,27,30)/b26-16-. The molecule has 0 aliphatic heterocycles. The molecule has 0 aliphatic rings. The van der Waals surface area contributed by atoms with Crippen LogP contribution in [-0.2, 0) is 6.54 Å². The minimum Gasteiger partial charge on any atom is -0.283 e. The first-order chi connectivity index (χ1) is 15.9. The van der Waals surface area contributed by atoms with E-state index in [1.165, 1.54) is 16.7 Å². The normalized spacial score (nSPS) is 11.4. The van der Waals surface area contributed by atoms with Crippen LogP contribution in [0.2, 0.25) is 0 Å². The van der Waals surface area contributed by atoms with Crippen molar-refractivity contribution in [2.75, 3.05) is 0 Å². The van der Waals surface area contributed by atoms with Gasteiger partial charge in [0.05, 0.1) is 28.1 Å². The quantitative estimate of drug-likeness (QED) is 0.279. The molecule has 1 N–H and O–H groups in total. The number of hydrogen-bond donors (Lipinski definition) is 1. The second-order valence-corrected chi connectivity index (χ2v) is 7.27. The fourth-order valence-corrected chi connectivity index (χ4v) is 3.33. The Bertz CT molecular complexity index is 1430. The summed E-state index contributed by atoms with van der Waals surface area (Å²) in [4.78, 5) is 40.9. The second-order valence-electron chi connectivity index (χ2n) is 7.27. The molecule has 0 unspecified atom stereocenters. The van der Waals surface area contributed by atoms with E-state index in [0.717, 1.165) is 5.56 Å². The number of hydrogen-bond acceptors (Lipinski definition) is 6. The first-order valence-corrected chi connectivity index (χ1v) is 10.1. The third-order valence-electron chi connectivity index (χ3n) is 5.07. The molecule has 0 spiro atoms. The van der Waals surface area contributed by atoms with Crippen molar-refractivity contribution in [1.82, 2.24) is 15.0 Å². The number of aromatic nitrogens is 2. The van der Waals surface area contributed by atoms with E-state index in [0.29, 0.717) is 22.2 Å². The smallest absolute Gasteiger partial charge is 0.283 e. The Kier molecular flexibility index (Phi) is 6.03. The summed E-state index contributed by atoms with van der Waals surface area (Å²) in [5.74, 6) is -0.710. The Labute approximate surface area is 188 Å². The van der Waals surface area contributed by atoms with Crippen LogP contribution >= 0.6 is 0 Å². The van der Waals surface area contributed by atoms with Crippen LogP contribution < -0.4 is 11.0 Å². The Morgan fingerprint density at radius 2 is 1.70 bits per heavy atom. The Morgan fingerprint density at radius 3 is 2.39 bits per heavy atom. The first kappa shape index (κ1) is 21.6. The topological polar surface area (TPSA) is 119 Å². The van der Waals surface area contributed by atoms with Crippen LogP contribution in [0.25, 0.3) is 10.9 Å². The summed E-state index contributed by atoms with van der Waals surface area (Å²) in [6, 6.07) is 21.9. The third kappa shape index (κ3) is 4.67. The van der Waals surface area contributed by atoms with Crippen molar-refractivity contribution in [2.24, 2.45) is 5.10 Å². The van der Waals surface area contributed by atoms with Gasteiger partial charge < -0.3 is 0 Å². The Balaban J connectivity index is 1.68. The highest BCUT2D eigenvalue weighted by Gasteiger charge is 2.18. The van der Waals surface area contributed by atoms with E-state index in [1.807, 2.05) is 30.3 Å². The molecule has 0 aliphatic carbocycles. The Hall–Kier alpha value is -4.66. The van der Waals surface area contributed by atoms with Crippen LogP contribution in [0, 0.1) is 10.1 Å². The van der Waals surface area contributed by atoms with Crippen LogP contribution in [0.3, 0.4) is 0 Å². The predicted octanol–water partition coefficient (Wildman–Crippen LogP) is 3.51. The number of nitrogens with zero attached hydrogens (tertiary/aromatic N) is 4. The molecule has 4 aromatic rings. The third-order valence-corrected chi connectivity index (χ3v) is 5.07. The number of amides is 1. The number of fused-ring (bicyclic) bond motifs is 1. The van der Waals surface area contributed by atoms with Crippen LogP contribution in [0.15, 0.2) is 88.8 Å². The predicted molar refractivity (Wildman–Crippen MR) is 124 cm³/mol. The number of carbonyl (C=O) groups excluding carboxylic acids is 1. The van der Waals surface area contributed by atoms with Crippen molar-refractivity contribution in [3.8, 4) is 0 Å². The maximum atomic E-state index is 13.2. The van der Waals surface area contributed by atoms with Crippen LogP contribution in [0.4, 0.5) is 5.69 Å². The Morgan fingerprint density at radius 1 is 1.03 bits per heavy atom. The van der Waals surface area contributed by atoms with E-state index in [1.54, 1.807) is 43.3 Å². The van der Waals surface area contributed by atoms with Crippen LogP contribution in [-0.4, -0.2) is 26.1 Å². The molecule has 0 saturated carbocycles. The number of nitro benzene ring substituents is 1. The largest absolute Gasteiger partial charge is 0.307 e. The van der Waals surface area contributed by atoms with Gasteiger partial charge in [-0.1, -0.05) is 42.5 Å². The molecule has 0 atom stereocenters. The van der Waals surface area contributed by atoms with Crippen molar-refractivity contribution in [1.29, 1.82) is 0 Å². The summed E-state index contributed by atoms with van der Waals surface area (Å²) in [5, 5.41) is 15.3. The average molecular weight is 441 g/mol. The van der Waals surface area contributed by atoms with Crippen molar-refractivity contribution in [2.45, 2.75) is 13.5 Å². The molecule has 33 heavy (non-hydrogen) atoms. The number of non-ortho nitro benzene ring substituents is 1. The molecule has 1 heterocycles. The molecule has 0 saturated heterocycles. The van der Waals surface area contributed by atoms with Gasteiger partial charge in [0.15, 0.2) is 0 Å². The molecular weight excluding hydrogens is 422 g/mol.